The quantitative estimate of drug-likeness (QED) is 0.543. The zero-order valence-corrected chi connectivity index (χ0v) is 19.7. The SMILES string of the molecule is CCc1ccc(Br)c(CC(=O)N2CCCC3(c4cccc(OC)c4)CCCC3C2)c1. The first-order valence-corrected chi connectivity index (χ1v) is 12.0. The van der Waals surface area contributed by atoms with Crippen molar-refractivity contribution < 1.29 is 9.53 Å². The van der Waals surface area contributed by atoms with Crippen LogP contribution in [-0.2, 0) is 23.1 Å². The Hall–Kier alpha value is -1.81. The minimum Gasteiger partial charge on any atom is -0.497 e. The molecule has 1 aliphatic carbocycles. The molecular formula is C26H32BrNO2. The standard InChI is InChI=1S/C26H32BrNO2/c1-3-19-10-11-24(27)20(15-19)16-25(29)28-14-6-13-26(12-5-8-22(26)18-28)21-7-4-9-23(17-21)30-2/h4,7,9-11,15,17,22H,3,5-6,8,12-14,16,18H2,1-2H3. The fraction of sp³-hybridized carbons (Fsp3) is 0.500. The summed E-state index contributed by atoms with van der Waals surface area (Å²) >= 11 is 3.64. The van der Waals surface area contributed by atoms with E-state index in [4.69, 9.17) is 4.74 Å². The highest BCUT2D eigenvalue weighted by atomic mass is 79.9. The molecule has 4 rings (SSSR count). The minimum atomic E-state index is 0.187. The second kappa shape index (κ2) is 9.13. The van der Waals surface area contributed by atoms with Crippen LogP contribution >= 0.6 is 15.9 Å². The topological polar surface area (TPSA) is 29.5 Å². The van der Waals surface area contributed by atoms with Crippen molar-refractivity contribution >= 4 is 21.8 Å². The normalized spacial score (nSPS) is 23.7. The van der Waals surface area contributed by atoms with E-state index >= 15 is 0 Å². The van der Waals surface area contributed by atoms with Crippen molar-refractivity contribution in [1.29, 1.82) is 0 Å². The zero-order valence-electron chi connectivity index (χ0n) is 18.1. The Morgan fingerprint density at radius 3 is 2.83 bits per heavy atom. The molecule has 0 radical (unpaired) electrons. The molecule has 2 unspecified atom stereocenters. The maximum Gasteiger partial charge on any atom is 0.227 e. The van der Waals surface area contributed by atoms with E-state index in [1.807, 2.05) is 6.07 Å². The number of carbonyl (C=O) groups is 1. The second-order valence-electron chi connectivity index (χ2n) is 8.88. The largest absolute Gasteiger partial charge is 0.497 e. The third-order valence-electron chi connectivity index (χ3n) is 7.31. The van der Waals surface area contributed by atoms with Crippen LogP contribution in [0.2, 0.25) is 0 Å². The van der Waals surface area contributed by atoms with E-state index in [9.17, 15) is 4.79 Å². The van der Waals surface area contributed by atoms with E-state index in [1.165, 1.54) is 30.4 Å². The van der Waals surface area contributed by atoms with E-state index < -0.39 is 0 Å². The highest BCUT2D eigenvalue weighted by molar-refractivity contribution is 9.10. The van der Waals surface area contributed by atoms with Gasteiger partial charge in [0.25, 0.3) is 0 Å². The molecule has 1 heterocycles. The second-order valence-corrected chi connectivity index (χ2v) is 9.73. The summed E-state index contributed by atoms with van der Waals surface area (Å²) in [7, 11) is 1.74. The highest BCUT2D eigenvalue weighted by Crippen LogP contribution is 2.51. The lowest BCUT2D eigenvalue weighted by atomic mass is 9.69. The molecule has 2 atom stereocenters. The van der Waals surface area contributed by atoms with Gasteiger partial charge in [0.1, 0.15) is 5.75 Å². The molecule has 1 aliphatic heterocycles. The molecule has 1 amide bonds. The molecular weight excluding hydrogens is 438 g/mol. The predicted molar refractivity (Wildman–Crippen MR) is 125 cm³/mol. The fourth-order valence-electron chi connectivity index (χ4n) is 5.62. The predicted octanol–water partition coefficient (Wildman–Crippen LogP) is 5.92. The van der Waals surface area contributed by atoms with Crippen LogP contribution in [0.4, 0.5) is 0 Å². The zero-order chi connectivity index (χ0) is 21.1. The molecule has 0 bridgehead atoms. The van der Waals surface area contributed by atoms with Gasteiger partial charge in [-0.15, -0.1) is 0 Å². The van der Waals surface area contributed by atoms with Crippen LogP contribution in [0.25, 0.3) is 0 Å². The molecule has 4 heteroatoms. The van der Waals surface area contributed by atoms with Crippen LogP contribution in [0.5, 0.6) is 5.75 Å². The van der Waals surface area contributed by atoms with E-state index in [1.54, 1.807) is 7.11 Å². The summed E-state index contributed by atoms with van der Waals surface area (Å²) in [4.78, 5) is 15.4. The number of carbonyl (C=O) groups excluding carboxylic acids is 1. The summed E-state index contributed by atoms with van der Waals surface area (Å²) in [5.74, 6) is 1.73. The van der Waals surface area contributed by atoms with Gasteiger partial charge in [0.15, 0.2) is 0 Å². The van der Waals surface area contributed by atoms with Gasteiger partial charge in [-0.3, -0.25) is 4.79 Å². The lowest BCUT2D eigenvalue weighted by molar-refractivity contribution is -0.131. The molecule has 3 nitrogen and oxygen atoms in total. The van der Waals surface area contributed by atoms with Crippen LogP contribution < -0.4 is 4.74 Å². The Morgan fingerprint density at radius 1 is 1.20 bits per heavy atom. The first-order chi connectivity index (χ1) is 14.6. The van der Waals surface area contributed by atoms with E-state index in [0.29, 0.717) is 12.3 Å². The van der Waals surface area contributed by atoms with E-state index in [2.05, 4.69) is 64.2 Å². The number of hydrogen-bond donors (Lipinski definition) is 0. The van der Waals surface area contributed by atoms with Gasteiger partial charge < -0.3 is 9.64 Å². The first kappa shape index (κ1) is 21.4. The van der Waals surface area contributed by atoms with Gasteiger partial charge in [-0.25, -0.2) is 0 Å². The molecule has 1 saturated carbocycles. The molecule has 2 aromatic rings. The van der Waals surface area contributed by atoms with Crippen LogP contribution in [0.3, 0.4) is 0 Å². The number of halogens is 1. The summed E-state index contributed by atoms with van der Waals surface area (Å²) < 4.78 is 6.55. The van der Waals surface area contributed by atoms with Crippen LogP contribution in [0.1, 0.15) is 55.7 Å². The van der Waals surface area contributed by atoms with Gasteiger partial charge in [-0.2, -0.15) is 0 Å². The Morgan fingerprint density at radius 2 is 2.03 bits per heavy atom. The molecule has 1 saturated heterocycles. The van der Waals surface area contributed by atoms with E-state index in [-0.39, 0.29) is 11.3 Å². The number of methoxy groups -OCH3 is 1. The van der Waals surface area contributed by atoms with Crippen LogP contribution in [0, 0.1) is 5.92 Å². The molecule has 0 spiro atoms. The minimum absolute atomic E-state index is 0.187. The third-order valence-corrected chi connectivity index (χ3v) is 8.08. The van der Waals surface area contributed by atoms with Crippen molar-refractivity contribution in [3.63, 3.8) is 0 Å². The van der Waals surface area contributed by atoms with Crippen molar-refractivity contribution in [2.75, 3.05) is 20.2 Å². The monoisotopic (exact) mass is 469 g/mol. The molecule has 2 aliphatic rings. The summed E-state index contributed by atoms with van der Waals surface area (Å²) in [5, 5.41) is 0. The third kappa shape index (κ3) is 4.16. The summed E-state index contributed by atoms with van der Waals surface area (Å²) in [6.07, 6.45) is 7.36. The number of fused-ring (bicyclic) bond motifs is 1. The average Bonchev–Trinajstić information content (AvgIpc) is 3.08. The smallest absolute Gasteiger partial charge is 0.227 e. The number of benzene rings is 2. The molecule has 0 N–H and O–H groups in total. The van der Waals surface area contributed by atoms with Crippen molar-refractivity contribution in [1.82, 2.24) is 4.90 Å². The van der Waals surface area contributed by atoms with Gasteiger partial charge in [-0.05, 0) is 72.9 Å². The molecule has 2 fully saturated rings. The van der Waals surface area contributed by atoms with Crippen LogP contribution in [0.15, 0.2) is 46.9 Å². The van der Waals surface area contributed by atoms with Crippen molar-refractivity contribution in [3.05, 3.63) is 63.6 Å². The Labute approximate surface area is 188 Å². The number of hydrogen-bond acceptors (Lipinski definition) is 2. The summed E-state index contributed by atoms with van der Waals surface area (Å²) in [5.41, 5.74) is 3.97. The molecule has 160 valence electrons. The van der Waals surface area contributed by atoms with Crippen molar-refractivity contribution in [2.45, 2.75) is 57.3 Å². The number of aryl methyl sites for hydroxylation is 1. The number of nitrogens with zero attached hydrogens (tertiary/aromatic N) is 1. The average molecular weight is 470 g/mol. The number of rotatable bonds is 5. The molecule has 2 aromatic carbocycles. The van der Waals surface area contributed by atoms with Crippen LogP contribution in [-0.4, -0.2) is 31.0 Å². The summed E-state index contributed by atoms with van der Waals surface area (Å²) in [6, 6.07) is 15.0. The Bertz CT molecular complexity index is 912. The van der Waals surface area contributed by atoms with Gasteiger partial charge in [0.05, 0.1) is 13.5 Å². The van der Waals surface area contributed by atoms with Crippen molar-refractivity contribution in [3.8, 4) is 5.75 Å². The van der Waals surface area contributed by atoms with E-state index in [0.717, 1.165) is 48.1 Å². The first-order valence-electron chi connectivity index (χ1n) is 11.3. The summed E-state index contributed by atoms with van der Waals surface area (Å²) in [6.45, 7) is 3.90. The van der Waals surface area contributed by atoms with Crippen molar-refractivity contribution in [2.24, 2.45) is 5.92 Å². The van der Waals surface area contributed by atoms with Gasteiger partial charge in [-0.1, -0.05) is 53.5 Å². The lowest BCUT2D eigenvalue weighted by Gasteiger charge is -2.36. The number of likely N-dealkylation sites (tertiary alicyclic amines) is 1. The Kier molecular flexibility index (Phi) is 6.52. The molecule has 30 heavy (non-hydrogen) atoms. The fourth-order valence-corrected chi connectivity index (χ4v) is 6.01. The Balaban J connectivity index is 1.54. The highest BCUT2D eigenvalue weighted by Gasteiger charge is 2.46. The van der Waals surface area contributed by atoms with Gasteiger partial charge in [0, 0.05) is 23.0 Å². The number of ether oxygens (including phenoxy) is 1. The maximum atomic E-state index is 13.3. The number of amides is 1. The van der Waals surface area contributed by atoms with Gasteiger partial charge in [0.2, 0.25) is 5.91 Å². The van der Waals surface area contributed by atoms with Gasteiger partial charge >= 0.3 is 0 Å². The maximum absolute atomic E-state index is 13.3. The molecule has 0 aromatic heterocycles. The lowest BCUT2D eigenvalue weighted by Crippen LogP contribution is -2.39.